The lowest BCUT2D eigenvalue weighted by molar-refractivity contribution is 0.0948. The average molecular weight is 376 g/mol. The highest BCUT2D eigenvalue weighted by Crippen LogP contribution is 2.21. The Balaban J connectivity index is 1.73. The molecule has 0 atom stereocenters. The van der Waals surface area contributed by atoms with E-state index in [9.17, 15) is 9.59 Å². The van der Waals surface area contributed by atoms with Gasteiger partial charge in [-0.3, -0.25) is 9.48 Å². The first kappa shape index (κ1) is 18.0. The zero-order chi connectivity index (χ0) is 18.7. The van der Waals surface area contributed by atoms with Crippen LogP contribution in [0.25, 0.3) is 11.0 Å². The van der Waals surface area contributed by atoms with Gasteiger partial charge in [-0.1, -0.05) is 11.6 Å². The molecule has 1 amide bonds. The molecule has 7 nitrogen and oxygen atoms in total. The average Bonchev–Trinajstić information content (AvgIpc) is 2.98. The Morgan fingerprint density at radius 2 is 2.19 bits per heavy atom. The van der Waals surface area contributed by atoms with Crippen molar-refractivity contribution in [3.63, 3.8) is 0 Å². The monoisotopic (exact) mass is 375 g/mol. The number of carbonyl (C=O) groups is 1. The number of ether oxygens (including phenoxy) is 1. The number of benzene rings is 1. The Morgan fingerprint density at radius 3 is 2.88 bits per heavy atom. The van der Waals surface area contributed by atoms with Crippen LogP contribution in [0.2, 0.25) is 5.02 Å². The molecule has 0 saturated heterocycles. The summed E-state index contributed by atoms with van der Waals surface area (Å²) in [6, 6.07) is 6.67. The van der Waals surface area contributed by atoms with Crippen LogP contribution < -0.4 is 15.7 Å². The Hall–Kier alpha value is -2.80. The highest BCUT2D eigenvalue weighted by molar-refractivity contribution is 6.30. The van der Waals surface area contributed by atoms with E-state index in [2.05, 4.69) is 10.4 Å². The van der Waals surface area contributed by atoms with Gasteiger partial charge in [-0.2, -0.15) is 5.10 Å². The van der Waals surface area contributed by atoms with Crippen molar-refractivity contribution < 1.29 is 13.9 Å². The Labute approximate surface area is 154 Å². The molecule has 0 fully saturated rings. The summed E-state index contributed by atoms with van der Waals surface area (Å²) >= 11 is 5.78. The lowest BCUT2D eigenvalue weighted by atomic mass is 10.1. The molecule has 1 N–H and O–H groups in total. The van der Waals surface area contributed by atoms with Crippen molar-refractivity contribution in [2.24, 2.45) is 0 Å². The van der Waals surface area contributed by atoms with Gasteiger partial charge in [-0.25, -0.2) is 4.79 Å². The van der Waals surface area contributed by atoms with Gasteiger partial charge in [0.15, 0.2) is 0 Å². The second-order valence-electron chi connectivity index (χ2n) is 5.99. The van der Waals surface area contributed by atoms with E-state index in [1.54, 1.807) is 29.1 Å². The Bertz CT molecular complexity index is 994. The predicted molar refractivity (Wildman–Crippen MR) is 97.8 cm³/mol. The highest BCUT2D eigenvalue weighted by atomic mass is 35.5. The number of hydrogen-bond donors (Lipinski definition) is 1. The molecule has 2 aromatic heterocycles. The summed E-state index contributed by atoms with van der Waals surface area (Å²) in [5.41, 5.74) is -0.372. The lowest BCUT2D eigenvalue weighted by Gasteiger charge is -2.10. The van der Waals surface area contributed by atoms with E-state index < -0.39 is 11.5 Å². The molecule has 1 aromatic carbocycles. The summed E-state index contributed by atoms with van der Waals surface area (Å²) in [6.45, 7) is 4.55. The molecule has 2 heterocycles. The molecule has 0 spiro atoms. The molecule has 3 aromatic rings. The van der Waals surface area contributed by atoms with Crippen LogP contribution in [-0.2, 0) is 6.54 Å². The first-order chi connectivity index (χ1) is 12.4. The van der Waals surface area contributed by atoms with Crippen molar-refractivity contribution in [1.82, 2.24) is 15.1 Å². The molecule has 0 radical (unpaired) electrons. The molecule has 0 unspecified atom stereocenters. The standard InChI is InChI=1S/C18H18ClN3O4/c1-11(2)25-14-4-3-12-7-15(18(24)26-16(12)8-14)17(23)20-5-6-22-10-13(19)9-21-22/h3-4,7-11H,5-6H2,1-2H3,(H,20,23). The fraction of sp³-hybridized carbons (Fsp3) is 0.278. The zero-order valence-corrected chi connectivity index (χ0v) is 15.1. The third-order valence-corrected chi connectivity index (χ3v) is 3.75. The zero-order valence-electron chi connectivity index (χ0n) is 14.4. The van der Waals surface area contributed by atoms with E-state index in [1.807, 2.05) is 13.8 Å². The van der Waals surface area contributed by atoms with Gasteiger partial charge in [0, 0.05) is 24.2 Å². The number of fused-ring (bicyclic) bond motifs is 1. The minimum atomic E-state index is -0.696. The molecular weight excluding hydrogens is 358 g/mol. The van der Waals surface area contributed by atoms with E-state index in [4.69, 9.17) is 20.8 Å². The number of nitrogens with one attached hydrogen (secondary N) is 1. The van der Waals surface area contributed by atoms with Crippen molar-refractivity contribution in [1.29, 1.82) is 0 Å². The van der Waals surface area contributed by atoms with Crippen molar-refractivity contribution in [2.45, 2.75) is 26.5 Å². The van der Waals surface area contributed by atoms with Gasteiger partial charge >= 0.3 is 5.63 Å². The topological polar surface area (TPSA) is 86.4 Å². The summed E-state index contributed by atoms with van der Waals surface area (Å²) in [6.07, 6.45) is 3.17. The van der Waals surface area contributed by atoms with Crippen LogP contribution in [0.3, 0.4) is 0 Å². The van der Waals surface area contributed by atoms with Crippen LogP contribution in [0.15, 0.2) is 45.9 Å². The summed E-state index contributed by atoms with van der Waals surface area (Å²) in [5.74, 6) is 0.104. The largest absolute Gasteiger partial charge is 0.491 e. The number of halogens is 1. The van der Waals surface area contributed by atoms with Gasteiger partial charge < -0.3 is 14.5 Å². The van der Waals surface area contributed by atoms with Crippen LogP contribution in [-0.4, -0.2) is 28.3 Å². The minimum absolute atomic E-state index is 0.00823. The van der Waals surface area contributed by atoms with Crippen LogP contribution in [0, 0.1) is 0 Å². The van der Waals surface area contributed by atoms with Gasteiger partial charge in [0.25, 0.3) is 5.91 Å². The number of carbonyl (C=O) groups excluding carboxylic acids is 1. The molecule has 0 saturated carbocycles. The predicted octanol–water partition coefficient (Wildman–Crippen LogP) is 2.86. The second kappa shape index (κ2) is 7.61. The minimum Gasteiger partial charge on any atom is -0.491 e. The molecule has 0 aliphatic heterocycles. The molecule has 0 bridgehead atoms. The SMILES string of the molecule is CC(C)Oc1ccc2cc(C(=O)NCCn3cc(Cl)cn3)c(=O)oc2c1. The first-order valence-electron chi connectivity index (χ1n) is 8.13. The number of nitrogens with zero attached hydrogens (tertiary/aromatic N) is 2. The highest BCUT2D eigenvalue weighted by Gasteiger charge is 2.14. The maximum atomic E-state index is 12.3. The Morgan fingerprint density at radius 1 is 1.38 bits per heavy atom. The van der Waals surface area contributed by atoms with E-state index in [1.165, 1.54) is 12.3 Å². The quantitative estimate of drug-likeness (QED) is 0.669. The maximum absolute atomic E-state index is 12.3. The van der Waals surface area contributed by atoms with Crippen molar-refractivity contribution >= 4 is 28.5 Å². The molecule has 136 valence electrons. The van der Waals surface area contributed by atoms with Crippen LogP contribution in [0.4, 0.5) is 0 Å². The smallest absolute Gasteiger partial charge is 0.349 e. The van der Waals surface area contributed by atoms with Crippen molar-refractivity contribution in [3.8, 4) is 5.75 Å². The second-order valence-corrected chi connectivity index (χ2v) is 6.43. The van der Waals surface area contributed by atoms with E-state index in [0.717, 1.165) is 0 Å². The molecule has 0 aliphatic rings. The molecule has 8 heteroatoms. The van der Waals surface area contributed by atoms with Crippen molar-refractivity contribution in [2.75, 3.05) is 6.54 Å². The lowest BCUT2D eigenvalue weighted by Crippen LogP contribution is -2.31. The van der Waals surface area contributed by atoms with Crippen LogP contribution in [0.5, 0.6) is 5.75 Å². The maximum Gasteiger partial charge on any atom is 0.349 e. The van der Waals surface area contributed by atoms with E-state index >= 15 is 0 Å². The number of amides is 1. The molecular formula is C18H18ClN3O4. The van der Waals surface area contributed by atoms with Gasteiger partial charge in [0.1, 0.15) is 16.9 Å². The van der Waals surface area contributed by atoms with E-state index in [0.29, 0.717) is 34.8 Å². The molecule has 26 heavy (non-hydrogen) atoms. The Kier molecular flexibility index (Phi) is 5.27. The van der Waals surface area contributed by atoms with Crippen molar-refractivity contribution in [3.05, 3.63) is 57.7 Å². The third-order valence-electron chi connectivity index (χ3n) is 3.55. The fourth-order valence-electron chi connectivity index (χ4n) is 2.44. The van der Waals surface area contributed by atoms with Crippen LogP contribution >= 0.6 is 11.6 Å². The normalized spacial score (nSPS) is 11.1. The summed E-state index contributed by atoms with van der Waals surface area (Å²) in [4.78, 5) is 24.4. The van der Waals surface area contributed by atoms with Gasteiger partial charge in [0.2, 0.25) is 0 Å². The number of aromatic nitrogens is 2. The van der Waals surface area contributed by atoms with Gasteiger partial charge in [-0.05, 0) is 32.0 Å². The molecule has 0 aliphatic carbocycles. The number of hydrogen-bond acceptors (Lipinski definition) is 5. The first-order valence-corrected chi connectivity index (χ1v) is 8.51. The summed E-state index contributed by atoms with van der Waals surface area (Å²) < 4.78 is 12.4. The summed E-state index contributed by atoms with van der Waals surface area (Å²) in [5, 5.41) is 7.85. The van der Waals surface area contributed by atoms with Gasteiger partial charge in [0.05, 0.1) is 23.9 Å². The number of rotatable bonds is 6. The molecule has 3 rings (SSSR count). The fourth-order valence-corrected chi connectivity index (χ4v) is 2.59. The van der Waals surface area contributed by atoms with Gasteiger partial charge in [-0.15, -0.1) is 0 Å². The third kappa shape index (κ3) is 4.23. The van der Waals surface area contributed by atoms with E-state index in [-0.39, 0.29) is 11.7 Å². The van der Waals surface area contributed by atoms with Crippen LogP contribution in [0.1, 0.15) is 24.2 Å². The summed E-state index contributed by atoms with van der Waals surface area (Å²) in [7, 11) is 0.